The van der Waals surface area contributed by atoms with E-state index in [0.717, 1.165) is 47.2 Å². The lowest BCUT2D eigenvalue weighted by molar-refractivity contribution is -0.123. The van der Waals surface area contributed by atoms with Crippen molar-refractivity contribution < 1.29 is 9.53 Å². The highest BCUT2D eigenvalue weighted by molar-refractivity contribution is 9.10. The molecule has 2 aromatic rings. The Kier molecular flexibility index (Phi) is 6.14. The molecule has 0 N–H and O–H groups in total. The Balaban J connectivity index is 1.94. The number of nitrogens with zero attached hydrogens (tertiary/aromatic N) is 1. The van der Waals surface area contributed by atoms with Gasteiger partial charge in [0.1, 0.15) is 5.75 Å². The lowest BCUT2D eigenvalue weighted by Gasteiger charge is -2.30. The van der Waals surface area contributed by atoms with Gasteiger partial charge in [-0.15, -0.1) is 0 Å². The van der Waals surface area contributed by atoms with Gasteiger partial charge in [0.05, 0.1) is 19.3 Å². The van der Waals surface area contributed by atoms with Gasteiger partial charge in [0.25, 0.3) is 0 Å². The highest BCUT2D eigenvalue weighted by atomic mass is 79.9. The number of benzene rings is 2. The minimum atomic E-state index is 0.121. The van der Waals surface area contributed by atoms with Crippen LogP contribution in [-0.2, 0) is 11.3 Å². The zero-order valence-electron chi connectivity index (χ0n) is 14.6. The molecule has 1 aliphatic carbocycles. The van der Waals surface area contributed by atoms with Gasteiger partial charge < -0.3 is 9.64 Å². The van der Waals surface area contributed by atoms with E-state index in [2.05, 4.69) is 28.1 Å². The van der Waals surface area contributed by atoms with Crippen LogP contribution in [0.2, 0.25) is 0 Å². The van der Waals surface area contributed by atoms with Crippen LogP contribution in [0.15, 0.2) is 53.0 Å². The van der Waals surface area contributed by atoms with E-state index < -0.39 is 0 Å². The van der Waals surface area contributed by atoms with Crippen molar-refractivity contribution >= 4 is 27.5 Å². The normalized spacial score (nSPS) is 15.0. The average Bonchev–Trinajstić information content (AvgIpc) is 2.68. The molecule has 1 amide bonds. The van der Waals surface area contributed by atoms with Crippen LogP contribution in [0, 0.1) is 5.92 Å². The second kappa shape index (κ2) is 8.52. The van der Waals surface area contributed by atoms with Crippen molar-refractivity contribution in [3.8, 4) is 5.75 Å². The van der Waals surface area contributed by atoms with E-state index in [0.29, 0.717) is 6.54 Å². The minimum absolute atomic E-state index is 0.121. The fourth-order valence-electron chi connectivity index (χ4n) is 3.44. The van der Waals surface area contributed by atoms with E-state index in [1.807, 2.05) is 41.3 Å². The van der Waals surface area contributed by atoms with Crippen LogP contribution in [0.5, 0.6) is 5.75 Å². The zero-order valence-corrected chi connectivity index (χ0v) is 16.2. The molecule has 0 spiro atoms. The summed E-state index contributed by atoms with van der Waals surface area (Å²) in [5, 5.41) is 0. The Morgan fingerprint density at radius 2 is 1.84 bits per heavy atom. The molecule has 2 aromatic carbocycles. The van der Waals surface area contributed by atoms with Crippen molar-refractivity contribution in [1.82, 2.24) is 0 Å². The molecule has 1 saturated carbocycles. The Hall–Kier alpha value is -1.81. The van der Waals surface area contributed by atoms with Crippen LogP contribution in [0.3, 0.4) is 0 Å². The molecule has 0 atom stereocenters. The summed E-state index contributed by atoms with van der Waals surface area (Å²) in [6.45, 7) is 0.571. The molecule has 0 aromatic heterocycles. The van der Waals surface area contributed by atoms with Gasteiger partial charge in [0, 0.05) is 16.5 Å². The van der Waals surface area contributed by atoms with Crippen molar-refractivity contribution in [2.75, 3.05) is 12.0 Å². The van der Waals surface area contributed by atoms with Gasteiger partial charge in [-0.3, -0.25) is 4.79 Å². The van der Waals surface area contributed by atoms with Gasteiger partial charge in [0.2, 0.25) is 5.91 Å². The third-order valence-electron chi connectivity index (χ3n) is 4.85. The number of hydrogen-bond donors (Lipinski definition) is 0. The van der Waals surface area contributed by atoms with Gasteiger partial charge in [-0.1, -0.05) is 49.6 Å². The van der Waals surface area contributed by atoms with Gasteiger partial charge in [-0.25, -0.2) is 0 Å². The topological polar surface area (TPSA) is 29.5 Å². The number of methoxy groups -OCH3 is 1. The molecule has 0 aliphatic heterocycles. The zero-order chi connectivity index (χ0) is 17.6. The first-order valence-electron chi connectivity index (χ1n) is 8.88. The molecule has 0 bridgehead atoms. The van der Waals surface area contributed by atoms with E-state index in [1.165, 1.54) is 6.42 Å². The number of anilines is 1. The molecule has 0 heterocycles. The van der Waals surface area contributed by atoms with Crippen molar-refractivity contribution in [2.45, 2.75) is 38.6 Å². The SMILES string of the molecule is COc1ccc(Br)c(N(Cc2ccccc2)C(=O)C2CCCCC2)c1. The smallest absolute Gasteiger partial charge is 0.230 e. The number of amides is 1. The number of ether oxygens (including phenoxy) is 1. The molecular weight excluding hydrogens is 378 g/mol. The first-order valence-corrected chi connectivity index (χ1v) is 9.67. The van der Waals surface area contributed by atoms with Crippen molar-refractivity contribution in [2.24, 2.45) is 5.92 Å². The second-order valence-electron chi connectivity index (χ2n) is 6.56. The number of carbonyl (C=O) groups excluding carboxylic acids is 1. The Morgan fingerprint density at radius 3 is 2.52 bits per heavy atom. The average molecular weight is 402 g/mol. The van der Waals surface area contributed by atoms with Gasteiger partial charge in [0.15, 0.2) is 0 Å². The first kappa shape index (κ1) is 18.0. The maximum absolute atomic E-state index is 13.3. The summed E-state index contributed by atoms with van der Waals surface area (Å²) in [5.41, 5.74) is 2.00. The fraction of sp³-hybridized carbons (Fsp3) is 0.381. The van der Waals surface area contributed by atoms with Crippen LogP contribution < -0.4 is 9.64 Å². The fourth-order valence-corrected chi connectivity index (χ4v) is 3.90. The molecule has 3 rings (SSSR count). The van der Waals surface area contributed by atoms with Crippen LogP contribution in [0.25, 0.3) is 0 Å². The maximum Gasteiger partial charge on any atom is 0.230 e. The van der Waals surface area contributed by atoms with Gasteiger partial charge in [-0.05, 0) is 46.5 Å². The second-order valence-corrected chi connectivity index (χ2v) is 7.42. The largest absolute Gasteiger partial charge is 0.497 e. The maximum atomic E-state index is 13.3. The number of rotatable bonds is 5. The monoisotopic (exact) mass is 401 g/mol. The molecule has 0 saturated heterocycles. The molecule has 1 aliphatic rings. The third-order valence-corrected chi connectivity index (χ3v) is 5.52. The Bertz CT molecular complexity index is 711. The number of hydrogen-bond acceptors (Lipinski definition) is 2. The molecule has 0 radical (unpaired) electrons. The Morgan fingerprint density at radius 1 is 1.12 bits per heavy atom. The van der Waals surface area contributed by atoms with Crippen molar-refractivity contribution in [1.29, 1.82) is 0 Å². The molecule has 4 heteroatoms. The van der Waals surface area contributed by atoms with E-state index in [9.17, 15) is 4.79 Å². The quantitative estimate of drug-likeness (QED) is 0.654. The van der Waals surface area contributed by atoms with Crippen molar-refractivity contribution in [3.05, 3.63) is 58.6 Å². The first-order chi connectivity index (χ1) is 12.2. The summed E-state index contributed by atoms with van der Waals surface area (Å²) in [5.74, 6) is 1.10. The minimum Gasteiger partial charge on any atom is -0.497 e. The molecule has 132 valence electrons. The predicted octanol–water partition coefficient (Wildman–Crippen LogP) is 5.57. The summed E-state index contributed by atoms with van der Waals surface area (Å²) >= 11 is 3.62. The van der Waals surface area contributed by atoms with E-state index >= 15 is 0 Å². The van der Waals surface area contributed by atoms with Crippen LogP contribution in [-0.4, -0.2) is 13.0 Å². The summed E-state index contributed by atoms with van der Waals surface area (Å²) in [6, 6.07) is 15.9. The number of carbonyl (C=O) groups is 1. The highest BCUT2D eigenvalue weighted by Gasteiger charge is 2.28. The van der Waals surface area contributed by atoms with E-state index in [-0.39, 0.29) is 11.8 Å². The van der Waals surface area contributed by atoms with Crippen LogP contribution >= 0.6 is 15.9 Å². The van der Waals surface area contributed by atoms with Gasteiger partial charge >= 0.3 is 0 Å². The summed E-state index contributed by atoms with van der Waals surface area (Å²) in [6.07, 6.45) is 5.52. The van der Waals surface area contributed by atoms with Gasteiger partial charge in [-0.2, -0.15) is 0 Å². The summed E-state index contributed by atoms with van der Waals surface area (Å²) < 4.78 is 6.29. The van der Waals surface area contributed by atoms with E-state index in [1.54, 1.807) is 7.11 Å². The van der Waals surface area contributed by atoms with E-state index in [4.69, 9.17) is 4.74 Å². The molecule has 1 fully saturated rings. The highest BCUT2D eigenvalue weighted by Crippen LogP contribution is 2.34. The lowest BCUT2D eigenvalue weighted by atomic mass is 9.88. The van der Waals surface area contributed by atoms with Crippen LogP contribution in [0.4, 0.5) is 5.69 Å². The third kappa shape index (κ3) is 4.43. The van der Waals surface area contributed by atoms with Crippen molar-refractivity contribution in [3.63, 3.8) is 0 Å². The standard InChI is InChI=1S/C21H24BrNO2/c1-25-18-12-13-19(22)20(14-18)23(15-16-8-4-2-5-9-16)21(24)17-10-6-3-7-11-17/h2,4-5,8-9,12-14,17H,3,6-7,10-11,15H2,1H3. The number of halogens is 1. The molecular formula is C21H24BrNO2. The summed E-state index contributed by atoms with van der Waals surface area (Å²) in [7, 11) is 1.65. The predicted molar refractivity (Wildman–Crippen MR) is 105 cm³/mol. The van der Waals surface area contributed by atoms with Crippen LogP contribution in [0.1, 0.15) is 37.7 Å². The molecule has 25 heavy (non-hydrogen) atoms. The Labute approximate surface area is 158 Å². The lowest BCUT2D eigenvalue weighted by Crippen LogP contribution is -2.37. The molecule has 3 nitrogen and oxygen atoms in total. The summed E-state index contributed by atoms with van der Waals surface area (Å²) in [4.78, 5) is 15.2. The molecule has 0 unspecified atom stereocenters.